The van der Waals surface area contributed by atoms with Gasteiger partial charge in [-0.1, -0.05) is 18.2 Å². The van der Waals surface area contributed by atoms with Gasteiger partial charge in [-0.25, -0.2) is 9.18 Å². The number of aliphatic hydroxyl groups is 1. The number of benzene rings is 2. The summed E-state index contributed by atoms with van der Waals surface area (Å²) in [4.78, 5) is 24.1. The number of carbonyl (C=O) groups excluding carboxylic acids is 2. The molecule has 3 rings (SSSR count). The van der Waals surface area contributed by atoms with Gasteiger partial charge in [-0.3, -0.25) is 4.79 Å². The van der Waals surface area contributed by atoms with E-state index in [1.807, 2.05) is 0 Å². The topological polar surface area (TPSA) is 87.7 Å². The van der Waals surface area contributed by atoms with Gasteiger partial charge in [-0.2, -0.15) is 13.2 Å². The van der Waals surface area contributed by atoms with E-state index in [1.165, 1.54) is 31.2 Å². The Kier molecular flexibility index (Phi) is 7.41. The SMILES string of the molecule is CCOC1=CC(c2ccc(NC(=O)Nc3ccc(C(C)O)c(C(F)(F)F)c3)c(F)c2)=CCC1=O. The summed E-state index contributed by atoms with van der Waals surface area (Å²) in [7, 11) is 0. The number of aliphatic hydroxyl groups excluding tert-OH is 1. The molecule has 1 unspecified atom stereocenters. The summed E-state index contributed by atoms with van der Waals surface area (Å²) in [5.74, 6) is -0.782. The lowest BCUT2D eigenvalue weighted by Gasteiger charge is -2.17. The highest BCUT2D eigenvalue weighted by atomic mass is 19.4. The summed E-state index contributed by atoms with van der Waals surface area (Å²) in [6.45, 7) is 3.25. The Morgan fingerprint density at radius 2 is 1.91 bits per heavy atom. The van der Waals surface area contributed by atoms with Gasteiger partial charge in [0.1, 0.15) is 5.82 Å². The van der Waals surface area contributed by atoms with Crippen LogP contribution in [0.4, 0.5) is 33.7 Å². The second-order valence-corrected chi connectivity index (χ2v) is 7.48. The summed E-state index contributed by atoms with van der Waals surface area (Å²) < 4.78 is 59.8. The predicted octanol–water partition coefficient (Wildman–Crippen LogP) is 5.82. The smallest absolute Gasteiger partial charge is 0.416 e. The van der Waals surface area contributed by atoms with Gasteiger partial charge < -0.3 is 20.5 Å². The maximum atomic E-state index is 14.6. The standard InChI is InChI=1S/C24H22F4N2O4/c1-3-34-22-11-15(5-9-21(22)32)14-4-8-20(19(25)10-14)30-23(33)29-16-6-7-17(13(2)31)18(12-16)24(26,27)28/h4-8,10-13,31H,3,9H2,1-2H3,(H2,29,30,33). The van der Waals surface area contributed by atoms with E-state index in [9.17, 15) is 32.3 Å². The summed E-state index contributed by atoms with van der Waals surface area (Å²) in [6, 6.07) is 6.00. The van der Waals surface area contributed by atoms with Crippen molar-refractivity contribution in [3.8, 4) is 0 Å². The molecule has 10 heteroatoms. The molecule has 0 radical (unpaired) electrons. The lowest BCUT2D eigenvalue weighted by Crippen LogP contribution is -2.21. The number of ether oxygens (including phenoxy) is 1. The second-order valence-electron chi connectivity index (χ2n) is 7.48. The molecule has 180 valence electrons. The molecule has 0 saturated carbocycles. The Balaban J connectivity index is 1.75. The first-order valence-corrected chi connectivity index (χ1v) is 10.3. The Morgan fingerprint density at radius 3 is 2.53 bits per heavy atom. The number of nitrogens with one attached hydrogen (secondary N) is 2. The molecule has 1 atom stereocenters. The fourth-order valence-electron chi connectivity index (χ4n) is 3.39. The van der Waals surface area contributed by atoms with Crippen LogP contribution in [0, 0.1) is 5.82 Å². The Morgan fingerprint density at radius 1 is 1.18 bits per heavy atom. The number of urea groups is 1. The third kappa shape index (κ3) is 5.82. The van der Waals surface area contributed by atoms with Crippen LogP contribution in [0.25, 0.3) is 5.57 Å². The molecule has 2 aromatic carbocycles. The van der Waals surface area contributed by atoms with Gasteiger partial charge in [0.25, 0.3) is 0 Å². The number of amides is 2. The number of alkyl halides is 3. The monoisotopic (exact) mass is 478 g/mol. The van der Waals surface area contributed by atoms with Crippen molar-refractivity contribution in [2.45, 2.75) is 32.5 Å². The molecule has 0 saturated heterocycles. The lowest BCUT2D eigenvalue weighted by molar-refractivity contribution is -0.139. The molecule has 34 heavy (non-hydrogen) atoms. The summed E-state index contributed by atoms with van der Waals surface area (Å²) in [5.41, 5.74) is -0.765. The first kappa shape index (κ1) is 25.0. The Labute approximate surface area is 192 Å². The van der Waals surface area contributed by atoms with Gasteiger partial charge in [0.15, 0.2) is 5.76 Å². The van der Waals surface area contributed by atoms with Crippen LogP contribution >= 0.6 is 0 Å². The van der Waals surface area contributed by atoms with Crippen LogP contribution in [0.15, 0.2) is 54.3 Å². The van der Waals surface area contributed by atoms with E-state index in [4.69, 9.17) is 4.74 Å². The van der Waals surface area contributed by atoms with Crippen molar-refractivity contribution in [1.29, 1.82) is 0 Å². The maximum absolute atomic E-state index is 14.6. The predicted molar refractivity (Wildman–Crippen MR) is 118 cm³/mol. The first-order valence-electron chi connectivity index (χ1n) is 10.3. The van der Waals surface area contributed by atoms with Crippen molar-refractivity contribution in [2.75, 3.05) is 17.2 Å². The number of anilines is 2. The zero-order valence-electron chi connectivity index (χ0n) is 18.3. The molecule has 1 aliphatic rings. The van der Waals surface area contributed by atoms with Gasteiger partial charge >= 0.3 is 12.2 Å². The fourth-order valence-corrected chi connectivity index (χ4v) is 3.39. The summed E-state index contributed by atoms with van der Waals surface area (Å²) in [6.07, 6.45) is -2.84. The van der Waals surface area contributed by atoms with Crippen LogP contribution in [0.1, 0.15) is 43.1 Å². The number of carbonyl (C=O) groups is 2. The van der Waals surface area contributed by atoms with Gasteiger partial charge in [0.2, 0.25) is 5.78 Å². The van der Waals surface area contributed by atoms with Gasteiger partial charge in [-0.05, 0) is 60.9 Å². The van der Waals surface area contributed by atoms with Crippen LogP contribution in [0.5, 0.6) is 0 Å². The average Bonchev–Trinajstić information content (AvgIpc) is 2.76. The third-order valence-corrected chi connectivity index (χ3v) is 4.99. The number of allylic oxidation sites excluding steroid dienone is 4. The molecule has 0 aliphatic heterocycles. The highest BCUT2D eigenvalue weighted by Crippen LogP contribution is 2.36. The lowest BCUT2D eigenvalue weighted by atomic mass is 9.97. The minimum atomic E-state index is -4.74. The molecule has 6 nitrogen and oxygen atoms in total. The molecule has 0 heterocycles. The molecular weight excluding hydrogens is 456 g/mol. The summed E-state index contributed by atoms with van der Waals surface area (Å²) in [5, 5.41) is 14.0. The average molecular weight is 478 g/mol. The van der Waals surface area contributed by atoms with Crippen molar-refractivity contribution >= 4 is 28.8 Å². The molecule has 0 bridgehead atoms. The van der Waals surface area contributed by atoms with Gasteiger partial charge in [0.05, 0.1) is 24.0 Å². The molecule has 2 aromatic rings. The van der Waals surface area contributed by atoms with Crippen molar-refractivity contribution in [3.05, 3.63) is 76.8 Å². The highest BCUT2D eigenvalue weighted by Gasteiger charge is 2.34. The van der Waals surface area contributed by atoms with Crippen LogP contribution in [0.3, 0.4) is 0 Å². The van der Waals surface area contributed by atoms with E-state index in [2.05, 4.69) is 10.6 Å². The molecule has 3 N–H and O–H groups in total. The zero-order valence-corrected chi connectivity index (χ0v) is 18.3. The third-order valence-electron chi connectivity index (χ3n) is 4.99. The van der Waals surface area contributed by atoms with E-state index in [1.54, 1.807) is 13.0 Å². The molecule has 2 amide bonds. The molecular formula is C24H22F4N2O4. The van der Waals surface area contributed by atoms with Gasteiger partial charge in [-0.15, -0.1) is 0 Å². The Bertz CT molecular complexity index is 1170. The largest absolute Gasteiger partial charge is 0.490 e. The maximum Gasteiger partial charge on any atom is 0.416 e. The molecule has 0 spiro atoms. The van der Waals surface area contributed by atoms with E-state index < -0.39 is 29.7 Å². The molecule has 0 aromatic heterocycles. The fraction of sp³-hybridized carbons (Fsp3) is 0.250. The summed E-state index contributed by atoms with van der Waals surface area (Å²) >= 11 is 0. The molecule has 1 aliphatic carbocycles. The number of Topliss-reactive ketones (excluding diaryl/α,β-unsaturated/α-hetero) is 1. The molecule has 0 fully saturated rings. The normalized spacial score (nSPS) is 14.7. The van der Waals surface area contributed by atoms with Crippen LogP contribution in [-0.2, 0) is 15.7 Å². The van der Waals surface area contributed by atoms with Crippen molar-refractivity contribution in [3.63, 3.8) is 0 Å². The van der Waals surface area contributed by atoms with E-state index in [0.717, 1.165) is 12.1 Å². The first-order chi connectivity index (χ1) is 16.0. The number of rotatable bonds is 6. The minimum Gasteiger partial charge on any atom is -0.490 e. The zero-order chi connectivity index (χ0) is 25.0. The second kappa shape index (κ2) is 10.1. The number of halogens is 4. The number of hydrogen-bond acceptors (Lipinski definition) is 4. The van der Waals surface area contributed by atoms with Crippen LogP contribution in [-0.4, -0.2) is 23.5 Å². The van der Waals surface area contributed by atoms with Crippen molar-refractivity contribution in [1.82, 2.24) is 0 Å². The van der Waals surface area contributed by atoms with Crippen molar-refractivity contribution < 1.29 is 37.0 Å². The Hall–Kier alpha value is -3.66. The van der Waals surface area contributed by atoms with Gasteiger partial charge in [0, 0.05) is 12.1 Å². The van der Waals surface area contributed by atoms with Crippen molar-refractivity contribution in [2.24, 2.45) is 0 Å². The number of ketones is 1. The van der Waals surface area contributed by atoms with Crippen LogP contribution in [0.2, 0.25) is 0 Å². The van der Waals surface area contributed by atoms with E-state index >= 15 is 0 Å². The van der Waals surface area contributed by atoms with Crippen LogP contribution < -0.4 is 10.6 Å². The quantitative estimate of drug-likeness (QED) is 0.457. The van der Waals surface area contributed by atoms with E-state index in [0.29, 0.717) is 23.8 Å². The number of hydrogen-bond donors (Lipinski definition) is 3. The highest BCUT2D eigenvalue weighted by molar-refractivity contribution is 6.02. The van der Waals surface area contributed by atoms with E-state index in [-0.39, 0.29) is 34.9 Å². The minimum absolute atomic E-state index is 0.110.